The van der Waals surface area contributed by atoms with Gasteiger partial charge in [0.1, 0.15) is 12.4 Å². The van der Waals surface area contributed by atoms with Crippen molar-refractivity contribution in [2.75, 3.05) is 33.9 Å². The van der Waals surface area contributed by atoms with Gasteiger partial charge in [0.2, 0.25) is 5.91 Å². The minimum absolute atomic E-state index is 0.0824. The number of amides is 1. The average Bonchev–Trinajstić information content (AvgIpc) is 2.67. The molecule has 0 saturated carbocycles. The molecule has 2 rings (SSSR count). The zero-order chi connectivity index (χ0) is 19.6. The molecule has 0 heterocycles. The highest BCUT2D eigenvalue weighted by molar-refractivity contribution is 6.30. The van der Waals surface area contributed by atoms with Crippen molar-refractivity contribution in [3.05, 3.63) is 64.7 Å². The van der Waals surface area contributed by atoms with E-state index in [1.807, 2.05) is 11.9 Å². The largest absolute Gasteiger partial charge is 0.492 e. The molecule has 0 aromatic heterocycles. The lowest BCUT2D eigenvalue weighted by Crippen LogP contribution is -2.36. The van der Waals surface area contributed by atoms with E-state index in [1.165, 1.54) is 7.11 Å². The second-order valence-corrected chi connectivity index (χ2v) is 6.44. The van der Waals surface area contributed by atoms with Crippen molar-refractivity contribution < 1.29 is 19.1 Å². The molecule has 1 N–H and O–H groups in total. The van der Waals surface area contributed by atoms with E-state index in [2.05, 4.69) is 10.1 Å². The van der Waals surface area contributed by atoms with Crippen LogP contribution in [0.3, 0.4) is 0 Å². The van der Waals surface area contributed by atoms with E-state index < -0.39 is 0 Å². The fourth-order valence-corrected chi connectivity index (χ4v) is 2.43. The minimum Gasteiger partial charge on any atom is -0.492 e. The summed E-state index contributed by atoms with van der Waals surface area (Å²) in [6, 6.07) is 14.1. The van der Waals surface area contributed by atoms with Gasteiger partial charge in [-0.25, -0.2) is 4.79 Å². The van der Waals surface area contributed by atoms with E-state index in [0.29, 0.717) is 30.3 Å². The van der Waals surface area contributed by atoms with Gasteiger partial charge in [0.25, 0.3) is 0 Å². The minimum atomic E-state index is -0.381. The Kier molecular flexibility index (Phi) is 8.10. The molecule has 0 unspecified atom stereocenters. The van der Waals surface area contributed by atoms with Crippen LogP contribution in [0.4, 0.5) is 0 Å². The van der Waals surface area contributed by atoms with Gasteiger partial charge < -0.3 is 14.8 Å². The molecular weight excluding hydrogens is 368 g/mol. The molecule has 0 aliphatic rings. The fraction of sp³-hybridized carbons (Fsp3) is 0.300. The number of likely N-dealkylation sites (N-methyl/N-ethyl adjacent to an activating group) is 1. The summed E-state index contributed by atoms with van der Waals surface area (Å²) in [5.41, 5.74) is 1.39. The summed E-state index contributed by atoms with van der Waals surface area (Å²) in [6.07, 6.45) is 0. The number of esters is 1. The number of carbonyl (C=O) groups excluding carboxylic acids is 2. The Hall–Kier alpha value is -2.57. The topological polar surface area (TPSA) is 67.9 Å². The van der Waals surface area contributed by atoms with Crippen LogP contribution in [0.2, 0.25) is 5.02 Å². The van der Waals surface area contributed by atoms with Crippen molar-refractivity contribution >= 4 is 23.5 Å². The number of hydrogen-bond donors (Lipinski definition) is 1. The van der Waals surface area contributed by atoms with Crippen molar-refractivity contribution in [2.24, 2.45) is 0 Å². The third kappa shape index (κ3) is 7.29. The monoisotopic (exact) mass is 390 g/mol. The van der Waals surface area contributed by atoms with E-state index in [4.69, 9.17) is 16.3 Å². The molecule has 0 bridgehead atoms. The number of carbonyl (C=O) groups is 2. The summed E-state index contributed by atoms with van der Waals surface area (Å²) < 4.78 is 10.3. The van der Waals surface area contributed by atoms with Crippen LogP contribution in [0.25, 0.3) is 0 Å². The molecule has 144 valence electrons. The number of halogens is 1. The van der Waals surface area contributed by atoms with Gasteiger partial charge in [0, 0.05) is 18.1 Å². The Morgan fingerprint density at radius 2 is 1.74 bits per heavy atom. The normalized spacial score (nSPS) is 10.5. The smallest absolute Gasteiger partial charge is 0.337 e. The molecule has 0 saturated heterocycles. The van der Waals surface area contributed by atoms with Gasteiger partial charge in [0.05, 0.1) is 19.2 Å². The van der Waals surface area contributed by atoms with E-state index in [9.17, 15) is 9.59 Å². The van der Waals surface area contributed by atoms with E-state index in [1.54, 1.807) is 48.5 Å². The molecule has 0 radical (unpaired) electrons. The Labute approximate surface area is 164 Å². The highest BCUT2D eigenvalue weighted by atomic mass is 35.5. The van der Waals surface area contributed by atoms with Gasteiger partial charge in [-0.05, 0) is 49.0 Å². The SMILES string of the molecule is COC(=O)c1ccc(CNC(=O)CN(C)CCOc2ccc(Cl)cc2)cc1. The highest BCUT2D eigenvalue weighted by Gasteiger charge is 2.08. The first-order chi connectivity index (χ1) is 13.0. The fourth-order valence-electron chi connectivity index (χ4n) is 2.31. The molecule has 0 fully saturated rings. The molecular formula is C20H23ClN2O4. The summed E-state index contributed by atoms with van der Waals surface area (Å²) in [4.78, 5) is 25.3. The molecule has 27 heavy (non-hydrogen) atoms. The third-order valence-corrected chi connectivity index (χ3v) is 4.09. The molecule has 0 aliphatic heterocycles. The Morgan fingerprint density at radius 3 is 2.37 bits per heavy atom. The second kappa shape index (κ2) is 10.5. The molecule has 1 amide bonds. The van der Waals surface area contributed by atoms with Gasteiger partial charge in [0.15, 0.2) is 0 Å². The zero-order valence-electron chi connectivity index (χ0n) is 15.4. The van der Waals surface area contributed by atoms with Crippen LogP contribution in [-0.4, -0.2) is 50.6 Å². The van der Waals surface area contributed by atoms with Crippen LogP contribution in [0.5, 0.6) is 5.75 Å². The van der Waals surface area contributed by atoms with Crippen LogP contribution in [0.15, 0.2) is 48.5 Å². The number of ether oxygens (including phenoxy) is 2. The molecule has 2 aromatic rings. The quantitative estimate of drug-likeness (QED) is 0.667. The summed E-state index contributed by atoms with van der Waals surface area (Å²) in [6.45, 7) is 1.75. The number of rotatable bonds is 9. The maximum atomic E-state index is 12.0. The van der Waals surface area contributed by atoms with Crippen molar-refractivity contribution in [1.29, 1.82) is 0 Å². The second-order valence-electron chi connectivity index (χ2n) is 6.01. The predicted molar refractivity (Wildman–Crippen MR) is 104 cm³/mol. The third-order valence-electron chi connectivity index (χ3n) is 3.83. The summed E-state index contributed by atoms with van der Waals surface area (Å²) >= 11 is 5.83. The maximum absolute atomic E-state index is 12.0. The van der Waals surface area contributed by atoms with Crippen LogP contribution >= 0.6 is 11.6 Å². The van der Waals surface area contributed by atoms with Crippen LogP contribution < -0.4 is 10.1 Å². The lowest BCUT2D eigenvalue weighted by Gasteiger charge is -2.16. The van der Waals surface area contributed by atoms with E-state index in [0.717, 1.165) is 11.3 Å². The number of nitrogens with zero attached hydrogens (tertiary/aromatic N) is 1. The van der Waals surface area contributed by atoms with E-state index >= 15 is 0 Å². The first-order valence-electron chi connectivity index (χ1n) is 8.49. The molecule has 0 aliphatic carbocycles. The molecule has 6 nitrogen and oxygen atoms in total. The number of benzene rings is 2. The van der Waals surface area contributed by atoms with Crippen molar-refractivity contribution in [3.8, 4) is 5.75 Å². The van der Waals surface area contributed by atoms with Gasteiger partial charge in [-0.15, -0.1) is 0 Å². The van der Waals surface area contributed by atoms with Crippen LogP contribution in [0.1, 0.15) is 15.9 Å². The zero-order valence-corrected chi connectivity index (χ0v) is 16.2. The lowest BCUT2D eigenvalue weighted by molar-refractivity contribution is -0.122. The van der Waals surface area contributed by atoms with Crippen molar-refractivity contribution in [3.63, 3.8) is 0 Å². The molecule has 0 atom stereocenters. The maximum Gasteiger partial charge on any atom is 0.337 e. The lowest BCUT2D eigenvalue weighted by atomic mass is 10.1. The molecule has 2 aromatic carbocycles. The summed E-state index contributed by atoms with van der Waals surface area (Å²) in [7, 11) is 3.20. The number of hydrogen-bond acceptors (Lipinski definition) is 5. The summed E-state index contributed by atoms with van der Waals surface area (Å²) in [5.74, 6) is 0.279. The van der Waals surface area contributed by atoms with Gasteiger partial charge in [-0.2, -0.15) is 0 Å². The van der Waals surface area contributed by atoms with Crippen molar-refractivity contribution in [1.82, 2.24) is 10.2 Å². The van der Waals surface area contributed by atoms with Crippen LogP contribution in [-0.2, 0) is 16.1 Å². The van der Waals surface area contributed by atoms with Gasteiger partial charge in [-0.3, -0.25) is 9.69 Å². The highest BCUT2D eigenvalue weighted by Crippen LogP contribution is 2.15. The average molecular weight is 391 g/mol. The Morgan fingerprint density at radius 1 is 1.07 bits per heavy atom. The number of nitrogens with one attached hydrogen (secondary N) is 1. The van der Waals surface area contributed by atoms with Crippen molar-refractivity contribution in [2.45, 2.75) is 6.54 Å². The Bertz CT molecular complexity index is 748. The van der Waals surface area contributed by atoms with Gasteiger partial charge >= 0.3 is 5.97 Å². The number of methoxy groups -OCH3 is 1. The standard InChI is InChI=1S/C20H23ClN2O4/c1-23(11-12-27-18-9-7-17(21)8-10-18)14-19(24)22-13-15-3-5-16(6-4-15)20(25)26-2/h3-10H,11-14H2,1-2H3,(H,22,24). The van der Waals surface area contributed by atoms with Gasteiger partial charge in [-0.1, -0.05) is 23.7 Å². The van der Waals surface area contributed by atoms with E-state index in [-0.39, 0.29) is 18.4 Å². The molecule has 0 spiro atoms. The summed E-state index contributed by atoms with van der Waals surface area (Å²) in [5, 5.41) is 3.52. The first-order valence-corrected chi connectivity index (χ1v) is 8.86. The predicted octanol–water partition coefficient (Wildman–Crippen LogP) is 2.75. The first kappa shape index (κ1) is 20.7. The Balaban J connectivity index is 1.67. The molecule has 7 heteroatoms. The van der Waals surface area contributed by atoms with Crippen LogP contribution in [0, 0.1) is 0 Å².